The van der Waals surface area contributed by atoms with Crippen LogP contribution in [-0.4, -0.2) is 36.2 Å². The van der Waals surface area contributed by atoms with E-state index in [9.17, 15) is 26.3 Å². The Morgan fingerprint density at radius 2 is 1.54 bits per heavy atom. The Morgan fingerprint density at radius 3 is 2.00 bits per heavy atom. The third kappa shape index (κ3) is 5.23. The fraction of sp³-hybridized carbons (Fsp3) is 0.562. The molecule has 3 nitrogen and oxygen atoms in total. The molecule has 2 atom stereocenters. The topological polar surface area (TPSA) is 27.3 Å². The molecule has 0 unspecified atom stereocenters. The molecule has 0 aromatic heterocycles. The summed E-state index contributed by atoms with van der Waals surface area (Å²) in [7, 11) is 3.81. The van der Waals surface area contributed by atoms with Gasteiger partial charge >= 0.3 is 12.4 Å². The van der Waals surface area contributed by atoms with E-state index in [1.165, 1.54) is 0 Å². The van der Waals surface area contributed by atoms with Crippen LogP contribution in [0.2, 0.25) is 0 Å². The van der Waals surface area contributed by atoms with Gasteiger partial charge in [-0.05, 0) is 63.8 Å². The van der Waals surface area contributed by atoms with E-state index in [4.69, 9.17) is 12.2 Å². The van der Waals surface area contributed by atoms with Crippen LogP contribution in [0.25, 0.3) is 0 Å². The van der Waals surface area contributed by atoms with Crippen molar-refractivity contribution >= 4 is 23.0 Å². The average Bonchev–Trinajstić information content (AvgIpc) is 2.93. The van der Waals surface area contributed by atoms with E-state index < -0.39 is 23.5 Å². The highest BCUT2D eigenvalue weighted by Gasteiger charge is 2.37. The molecule has 2 N–H and O–H groups in total. The van der Waals surface area contributed by atoms with Gasteiger partial charge in [0.15, 0.2) is 5.11 Å². The number of hydrogen-bond donors (Lipinski definition) is 2. The molecule has 146 valence electrons. The number of halogens is 6. The molecule has 0 spiro atoms. The van der Waals surface area contributed by atoms with Crippen LogP contribution in [0.15, 0.2) is 18.2 Å². The quantitative estimate of drug-likeness (QED) is 0.579. The minimum Gasteiger partial charge on any atom is -0.358 e. The third-order valence-electron chi connectivity index (χ3n) is 4.30. The number of nitrogens with zero attached hydrogens (tertiary/aromatic N) is 1. The van der Waals surface area contributed by atoms with Crippen molar-refractivity contribution in [2.75, 3.05) is 19.4 Å². The summed E-state index contributed by atoms with van der Waals surface area (Å²) in [5, 5.41) is 5.44. The zero-order chi connectivity index (χ0) is 19.7. The molecule has 1 fully saturated rings. The summed E-state index contributed by atoms with van der Waals surface area (Å²) in [6.45, 7) is 0. The zero-order valence-corrected chi connectivity index (χ0v) is 14.9. The maximum atomic E-state index is 12.9. The Kier molecular flexibility index (Phi) is 6.06. The molecular formula is C16H19F6N3S. The van der Waals surface area contributed by atoms with E-state index in [0.717, 1.165) is 19.3 Å². The molecular weight excluding hydrogens is 380 g/mol. The van der Waals surface area contributed by atoms with Gasteiger partial charge in [-0.25, -0.2) is 0 Å². The number of anilines is 1. The van der Waals surface area contributed by atoms with Crippen LogP contribution in [0.1, 0.15) is 30.4 Å². The van der Waals surface area contributed by atoms with E-state index in [2.05, 4.69) is 10.6 Å². The highest BCUT2D eigenvalue weighted by molar-refractivity contribution is 7.80. The minimum atomic E-state index is -4.89. The SMILES string of the molecule is CN(C)[C@@H]1CCC[C@H]1NC(=S)Nc1cc(C(F)(F)F)cc(C(F)(F)F)c1. The normalized spacial score (nSPS) is 21.1. The Balaban J connectivity index is 2.18. The number of rotatable bonds is 3. The molecule has 1 aromatic rings. The molecule has 0 saturated heterocycles. The minimum absolute atomic E-state index is 0.00352. The first kappa shape index (κ1) is 20.8. The average molecular weight is 399 g/mol. The van der Waals surface area contributed by atoms with Gasteiger partial charge in [-0.3, -0.25) is 0 Å². The lowest BCUT2D eigenvalue weighted by Gasteiger charge is -2.28. The summed E-state index contributed by atoms with van der Waals surface area (Å²) in [5.41, 5.74) is -3.13. The van der Waals surface area contributed by atoms with E-state index in [0.29, 0.717) is 12.1 Å². The van der Waals surface area contributed by atoms with Gasteiger partial charge in [0, 0.05) is 17.8 Å². The van der Waals surface area contributed by atoms with Crippen molar-refractivity contribution in [3.8, 4) is 0 Å². The Morgan fingerprint density at radius 1 is 1.00 bits per heavy atom. The molecule has 0 aliphatic heterocycles. The second-order valence-electron chi connectivity index (χ2n) is 6.46. The van der Waals surface area contributed by atoms with Crippen molar-refractivity contribution in [3.63, 3.8) is 0 Å². The first-order chi connectivity index (χ1) is 11.9. The van der Waals surface area contributed by atoms with Crippen LogP contribution in [-0.2, 0) is 12.4 Å². The Hall–Kier alpha value is -1.55. The Labute approximate surface area is 152 Å². The van der Waals surface area contributed by atoms with Crippen LogP contribution in [0.4, 0.5) is 32.0 Å². The predicted octanol–water partition coefficient (Wildman–Crippen LogP) is 4.49. The zero-order valence-electron chi connectivity index (χ0n) is 14.1. The summed E-state index contributed by atoms with van der Waals surface area (Å²) in [4.78, 5) is 2.01. The van der Waals surface area contributed by atoms with Crippen molar-refractivity contribution in [1.82, 2.24) is 10.2 Å². The van der Waals surface area contributed by atoms with Crippen molar-refractivity contribution in [2.45, 2.75) is 43.7 Å². The lowest BCUT2D eigenvalue weighted by Crippen LogP contribution is -2.47. The number of alkyl halides is 6. The molecule has 0 amide bonds. The maximum absolute atomic E-state index is 12.9. The van der Waals surface area contributed by atoms with E-state index >= 15 is 0 Å². The molecule has 0 bridgehead atoms. The van der Waals surface area contributed by atoms with Crippen LogP contribution >= 0.6 is 12.2 Å². The third-order valence-corrected chi connectivity index (χ3v) is 4.52. The number of benzene rings is 1. The highest BCUT2D eigenvalue weighted by Crippen LogP contribution is 2.37. The second kappa shape index (κ2) is 7.59. The van der Waals surface area contributed by atoms with Gasteiger partial charge in [0.2, 0.25) is 0 Å². The maximum Gasteiger partial charge on any atom is 0.416 e. The monoisotopic (exact) mass is 399 g/mol. The number of thiocarbonyl (C=S) groups is 1. The molecule has 1 aromatic carbocycles. The molecule has 1 saturated carbocycles. The number of likely N-dealkylation sites (N-methyl/N-ethyl adjacent to an activating group) is 1. The summed E-state index contributed by atoms with van der Waals surface area (Å²) in [6.07, 6.45) is -7.07. The van der Waals surface area contributed by atoms with Gasteiger partial charge in [-0.1, -0.05) is 0 Å². The van der Waals surface area contributed by atoms with E-state index in [-0.39, 0.29) is 28.9 Å². The fourth-order valence-corrected chi connectivity index (χ4v) is 3.36. The van der Waals surface area contributed by atoms with Crippen LogP contribution in [0.3, 0.4) is 0 Å². The van der Waals surface area contributed by atoms with Gasteiger partial charge in [0.1, 0.15) is 0 Å². The van der Waals surface area contributed by atoms with Gasteiger partial charge in [0.05, 0.1) is 11.1 Å². The van der Waals surface area contributed by atoms with Crippen LogP contribution in [0.5, 0.6) is 0 Å². The van der Waals surface area contributed by atoms with Crippen molar-refractivity contribution < 1.29 is 26.3 Å². The standard InChI is InChI=1S/C16H19F6N3S/c1-25(2)13-5-3-4-12(13)24-14(26)23-11-7-9(15(17,18)19)6-10(8-11)16(20,21)22/h6-8,12-13H,3-5H2,1-2H3,(H2,23,24,26)/t12-,13-/m1/s1. The summed E-state index contributed by atoms with van der Waals surface area (Å²) < 4.78 is 77.4. The fourth-order valence-electron chi connectivity index (χ4n) is 3.09. The molecule has 26 heavy (non-hydrogen) atoms. The lowest BCUT2D eigenvalue weighted by molar-refractivity contribution is -0.143. The predicted molar refractivity (Wildman–Crippen MR) is 90.9 cm³/mol. The van der Waals surface area contributed by atoms with Crippen LogP contribution < -0.4 is 10.6 Å². The smallest absolute Gasteiger partial charge is 0.358 e. The van der Waals surface area contributed by atoms with Gasteiger partial charge < -0.3 is 15.5 Å². The lowest BCUT2D eigenvalue weighted by atomic mass is 10.1. The molecule has 10 heteroatoms. The van der Waals surface area contributed by atoms with Crippen molar-refractivity contribution in [3.05, 3.63) is 29.3 Å². The first-order valence-electron chi connectivity index (χ1n) is 7.91. The van der Waals surface area contributed by atoms with Crippen LogP contribution in [0, 0.1) is 0 Å². The van der Waals surface area contributed by atoms with E-state index in [1.54, 1.807) is 0 Å². The molecule has 1 aliphatic rings. The first-order valence-corrected chi connectivity index (χ1v) is 8.32. The molecule has 2 rings (SSSR count). The molecule has 0 radical (unpaired) electrons. The van der Waals surface area contributed by atoms with Gasteiger partial charge in [-0.15, -0.1) is 0 Å². The van der Waals surface area contributed by atoms with E-state index in [1.807, 2.05) is 19.0 Å². The van der Waals surface area contributed by atoms with Crippen molar-refractivity contribution in [2.24, 2.45) is 0 Å². The summed E-state index contributed by atoms with van der Waals surface area (Å²) in [5.74, 6) is 0. The van der Waals surface area contributed by atoms with Gasteiger partial charge in [0.25, 0.3) is 0 Å². The molecule has 1 aliphatic carbocycles. The highest BCUT2D eigenvalue weighted by atomic mass is 32.1. The number of nitrogens with one attached hydrogen (secondary N) is 2. The summed E-state index contributed by atoms with van der Waals surface area (Å²) >= 11 is 5.08. The number of hydrogen-bond acceptors (Lipinski definition) is 2. The Bertz CT molecular complexity index is 624. The second-order valence-corrected chi connectivity index (χ2v) is 6.87. The van der Waals surface area contributed by atoms with Gasteiger partial charge in [-0.2, -0.15) is 26.3 Å². The molecule has 0 heterocycles. The van der Waals surface area contributed by atoms with Crippen molar-refractivity contribution in [1.29, 1.82) is 0 Å². The summed E-state index contributed by atoms with van der Waals surface area (Å²) in [6, 6.07) is 1.49. The largest absolute Gasteiger partial charge is 0.416 e.